The number of carboxylic acid groups (broad SMARTS) is 1. The number of hydrogen-bond acceptors (Lipinski definition) is 4. The standard InChI is InChI=1S/C18H21NO5/c1-18(17(21)22)5-2-6-19(18)16(20)13-10-12(13)11-3-4-14-15(9-11)24-8-7-23-14/h3-4,9,12-13H,2,5-8,10H2,1H3,(H,21,22)/t12-,13-,18+/m0/s1. The zero-order valence-corrected chi connectivity index (χ0v) is 13.7. The maximum Gasteiger partial charge on any atom is 0.329 e. The third-order valence-corrected chi connectivity index (χ3v) is 5.47. The molecule has 0 radical (unpaired) electrons. The second-order valence-electron chi connectivity index (χ2n) is 7.02. The molecule has 1 aliphatic carbocycles. The molecule has 2 fully saturated rings. The third kappa shape index (κ3) is 2.32. The van der Waals surface area contributed by atoms with E-state index in [1.807, 2.05) is 18.2 Å². The zero-order valence-electron chi connectivity index (χ0n) is 13.7. The van der Waals surface area contributed by atoms with Crippen LogP contribution in [0.15, 0.2) is 18.2 Å². The van der Waals surface area contributed by atoms with Gasteiger partial charge < -0.3 is 19.5 Å². The number of carbonyl (C=O) groups is 2. The van der Waals surface area contributed by atoms with Crippen LogP contribution in [0.4, 0.5) is 0 Å². The fourth-order valence-corrected chi connectivity index (χ4v) is 3.87. The van der Waals surface area contributed by atoms with Crippen LogP contribution >= 0.6 is 0 Å². The van der Waals surface area contributed by atoms with Crippen molar-refractivity contribution in [2.75, 3.05) is 19.8 Å². The second-order valence-corrected chi connectivity index (χ2v) is 7.02. The van der Waals surface area contributed by atoms with E-state index >= 15 is 0 Å². The van der Waals surface area contributed by atoms with Gasteiger partial charge in [-0.05, 0) is 49.8 Å². The summed E-state index contributed by atoms with van der Waals surface area (Å²) in [4.78, 5) is 25.9. The summed E-state index contributed by atoms with van der Waals surface area (Å²) in [6, 6.07) is 5.82. The highest BCUT2D eigenvalue weighted by Gasteiger charge is 2.53. The lowest BCUT2D eigenvalue weighted by molar-refractivity contribution is -0.155. The third-order valence-electron chi connectivity index (χ3n) is 5.47. The SMILES string of the molecule is C[C@]1(C(=O)O)CCCN1C(=O)[C@H]1C[C@H]1c1ccc2c(c1)OCCO2. The number of aliphatic carboxylic acids is 1. The number of amides is 1. The molecular formula is C18H21NO5. The Kier molecular flexibility index (Phi) is 3.44. The smallest absolute Gasteiger partial charge is 0.329 e. The molecule has 0 spiro atoms. The molecule has 3 aliphatic rings. The minimum absolute atomic E-state index is 0.0303. The molecule has 2 aliphatic heterocycles. The van der Waals surface area contributed by atoms with Crippen molar-refractivity contribution >= 4 is 11.9 Å². The van der Waals surface area contributed by atoms with Crippen molar-refractivity contribution in [1.29, 1.82) is 0 Å². The number of fused-ring (bicyclic) bond motifs is 1. The van der Waals surface area contributed by atoms with Gasteiger partial charge in [-0.25, -0.2) is 4.79 Å². The van der Waals surface area contributed by atoms with Gasteiger partial charge in [0.15, 0.2) is 11.5 Å². The van der Waals surface area contributed by atoms with Gasteiger partial charge in [-0.15, -0.1) is 0 Å². The Morgan fingerprint density at radius 2 is 2.00 bits per heavy atom. The van der Waals surface area contributed by atoms with Crippen molar-refractivity contribution in [1.82, 2.24) is 4.90 Å². The Hall–Kier alpha value is -2.24. The fraction of sp³-hybridized carbons (Fsp3) is 0.556. The first-order valence-corrected chi connectivity index (χ1v) is 8.45. The number of benzene rings is 1. The highest BCUT2D eigenvalue weighted by atomic mass is 16.6. The van der Waals surface area contributed by atoms with Crippen LogP contribution < -0.4 is 9.47 Å². The fourth-order valence-electron chi connectivity index (χ4n) is 3.87. The number of ether oxygens (including phenoxy) is 2. The van der Waals surface area contributed by atoms with Gasteiger partial charge in [0, 0.05) is 12.5 Å². The Bertz CT molecular complexity index is 703. The van der Waals surface area contributed by atoms with Crippen LogP contribution in [0.5, 0.6) is 11.5 Å². The van der Waals surface area contributed by atoms with Crippen molar-refractivity contribution in [3.8, 4) is 11.5 Å². The van der Waals surface area contributed by atoms with E-state index < -0.39 is 11.5 Å². The van der Waals surface area contributed by atoms with Gasteiger partial charge in [0.1, 0.15) is 18.8 Å². The summed E-state index contributed by atoms with van der Waals surface area (Å²) < 4.78 is 11.1. The molecule has 1 aromatic rings. The van der Waals surface area contributed by atoms with Crippen LogP contribution in [-0.4, -0.2) is 47.2 Å². The van der Waals surface area contributed by atoms with Gasteiger partial charge in [-0.3, -0.25) is 4.79 Å². The largest absolute Gasteiger partial charge is 0.486 e. The molecule has 0 aromatic heterocycles. The number of nitrogens with zero attached hydrogens (tertiary/aromatic N) is 1. The van der Waals surface area contributed by atoms with Gasteiger partial charge >= 0.3 is 5.97 Å². The lowest BCUT2D eigenvalue weighted by atomic mass is 9.98. The number of carbonyl (C=O) groups excluding carboxylic acids is 1. The average molecular weight is 331 g/mol. The minimum atomic E-state index is -1.06. The first-order valence-electron chi connectivity index (χ1n) is 8.45. The summed E-state index contributed by atoms with van der Waals surface area (Å²) in [5, 5.41) is 9.49. The molecule has 2 heterocycles. The predicted molar refractivity (Wildman–Crippen MR) is 85.3 cm³/mol. The molecule has 24 heavy (non-hydrogen) atoms. The first-order chi connectivity index (χ1) is 11.5. The molecule has 6 nitrogen and oxygen atoms in total. The van der Waals surface area contributed by atoms with E-state index in [1.165, 1.54) is 0 Å². The normalized spacial score (nSPS) is 31.0. The van der Waals surface area contributed by atoms with Crippen LogP contribution in [0.2, 0.25) is 0 Å². The van der Waals surface area contributed by atoms with Crippen LogP contribution in [0.3, 0.4) is 0 Å². The molecule has 128 valence electrons. The topological polar surface area (TPSA) is 76.1 Å². The molecule has 3 atom stereocenters. The molecule has 0 bridgehead atoms. The summed E-state index contributed by atoms with van der Waals surface area (Å²) in [6.45, 7) is 3.28. The van der Waals surface area contributed by atoms with E-state index in [9.17, 15) is 14.7 Å². The molecule has 1 aromatic carbocycles. The van der Waals surface area contributed by atoms with E-state index in [-0.39, 0.29) is 17.7 Å². The van der Waals surface area contributed by atoms with E-state index in [0.29, 0.717) is 26.2 Å². The molecule has 6 heteroatoms. The van der Waals surface area contributed by atoms with Crippen molar-refractivity contribution in [2.45, 2.75) is 37.6 Å². The van der Waals surface area contributed by atoms with Crippen molar-refractivity contribution in [3.05, 3.63) is 23.8 Å². The van der Waals surface area contributed by atoms with Gasteiger partial charge in [0.05, 0.1) is 0 Å². The lowest BCUT2D eigenvalue weighted by Crippen LogP contribution is -2.51. The second kappa shape index (κ2) is 5.40. The molecule has 4 rings (SSSR count). The number of carboxylic acids is 1. The van der Waals surface area contributed by atoms with E-state index in [0.717, 1.165) is 29.9 Å². The van der Waals surface area contributed by atoms with Crippen LogP contribution in [0, 0.1) is 5.92 Å². The number of likely N-dealkylation sites (tertiary alicyclic amines) is 1. The minimum Gasteiger partial charge on any atom is -0.486 e. The maximum atomic E-state index is 12.8. The monoisotopic (exact) mass is 331 g/mol. The Labute approximate surface area is 140 Å². The Morgan fingerprint density at radius 1 is 1.25 bits per heavy atom. The van der Waals surface area contributed by atoms with Crippen LogP contribution in [0.25, 0.3) is 0 Å². The van der Waals surface area contributed by atoms with Crippen molar-refractivity contribution in [3.63, 3.8) is 0 Å². The highest BCUT2D eigenvalue weighted by Crippen LogP contribution is 2.51. The van der Waals surface area contributed by atoms with Gasteiger partial charge in [0.2, 0.25) is 5.91 Å². The lowest BCUT2D eigenvalue weighted by Gasteiger charge is -2.31. The summed E-state index contributed by atoms with van der Waals surface area (Å²) >= 11 is 0. The quantitative estimate of drug-likeness (QED) is 0.917. The highest BCUT2D eigenvalue weighted by molar-refractivity contribution is 5.90. The Balaban J connectivity index is 1.50. The first kappa shape index (κ1) is 15.3. The van der Waals surface area contributed by atoms with Crippen LogP contribution in [-0.2, 0) is 9.59 Å². The van der Waals surface area contributed by atoms with E-state index in [2.05, 4.69) is 0 Å². The zero-order chi connectivity index (χ0) is 16.9. The summed E-state index contributed by atoms with van der Waals surface area (Å²) in [5.41, 5.74) is 0.00522. The molecule has 1 saturated heterocycles. The Morgan fingerprint density at radius 3 is 2.75 bits per heavy atom. The average Bonchev–Trinajstić information content (AvgIpc) is 3.29. The summed E-state index contributed by atoms with van der Waals surface area (Å²) in [7, 11) is 0. The van der Waals surface area contributed by atoms with E-state index in [1.54, 1.807) is 11.8 Å². The maximum absolute atomic E-state index is 12.8. The van der Waals surface area contributed by atoms with Gasteiger partial charge in [0.25, 0.3) is 0 Å². The van der Waals surface area contributed by atoms with Crippen LogP contribution in [0.1, 0.15) is 37.7 Å². The molecular weight excluding hydrogens is 310 g/mol. The molecule has 0 unspecified atom stereocenters. The number of rotatable bonds is 3. The molecule has 1 amide bonds. The summed E-state index contributed by atoms with van der Waals surface area (Å²) in [6.07, 6.45) is 2.04. The van der Waals surface area contributed by atoms with Crippen molar-refractivity contribution < 1.29 is 24.2 Å². The van der Waals surface area contributed by atoms with Gasteiger partial charge in [-0.1, -0.05) is 6.07 Å². The van der Waals surface area contributed by atoms with E-state index in [4.69, 9.17) is 9.47 Å². The van der Waals surface area contributed by atoms with Crippen molar-refractivity contribution in [2.24, 2.45) is 5.92 Å². The summed E-state index contributed by atoms with van der Waals surface area (Å²) in [5.74, 6) is 0.554. The molecule has 1 N–H and O–H groups in total. The number of hydrogen-bond donors (Lipinski definition) is 1. The van der Waals surface area contributed by atoms with Gasteiger partial charge in [-0.2, -0.15) is 0 Å². The predicted octanol–water partition coefficient (Wildman–Crippen LogP) is 2.03. The molecule has 1 saturated carbocycles.